The van der Waals surface area contributed by atoms with Crippen molar-refractivity contribution in [1.29, 1.82) is 0 Å². The molecule has 0 spiro atoms. The number of ether oxygens (including phenoxy) is 1. The van der Waals surface area contributed by atoms with Gasteiger partial charge in [-0.2, -0.15) is 0 Å². The second kappa shape index (κ2) is 7.29. The molecule has 2 rings (SSSR count). The Morgan fingerprint density at radius 1 is 1.10 bits per heavy atom. The van der Waals surface area contributed by atoms with Crippen molar-refractivity contribution in [3.8, 4) is 5.75 Å². The maximum absolute atomic E-state index is 11.9. The van der Waals surface area contributed by atoms with Crippen molar-refractivity contribution in [2.24, 2.45) is 0 Å². The summed E-state index contributed by atoms with van der Waals surface area (Å²) < 4.78 is 5.51. The monoisotopic (exact) mass is 281 g/mol. The van der Waals surface area contributed by atoms with E-state index in [0.29, 0.717) is 13.0 Å². The molecule has 3 heteroatoms. The highest BCUT2D eigenvalue weighted by atomic mass is 16.5. The molecule has 0 bridgehead atoms. The van der Waals surface area contributed by atoms with Gasteiger partial charge in [-0.25, -0.2) is 0 Å². The van der Waals surface area contributed by atoms with E-state index >= 15 is 0 Å². The molecule has 0 unspecified atom stereocenters. The van der Waals surface area contributed by atoms with E-state index in [4.69, 9.17) is 4.74 Å². The van der Waals surface area contributed by atoms with Gasteiger partial charge in [0.1, 0.15) is 12.4 Å². The lowest BCUT2D eigenvalue weighted by atomic mass is 10.1. The van der Waals surface area contributed by atoms with E-state index in [9.17, 15) is 4.79 Å². The van der Waals surface area contributed by atoms with E-state index in [1.807, 2.05) is 61.5 Å². The zero-order chi connectivity index (χ0) is 15.1. The first-order chi connectivity index (χ1) is 10.1. The van der Waals surface area contributed by atoms with Gasteiger partial charge >= 0.3 is 0 Å². The van der Waals surface area contributed by atoms with Crippen molar-refractivity contribution in [3.63, 3.8) is 0 Å². The number of benzene rings is 2. The average Bonchev–Trinajstić information content (AvgIpc) is 2.47. The van der Waals surface area contributed by atoms with E-state index < -0.39 is 0 Å². The van der Waals surface area contributed by atoms with Gasteiger partial charge in [-0.1, -0.05) is 36.9 Å². The minimum atomic E-state index is -0.0307. The number of anilines is 1. The predicted molar refractivity (Wildman–Crippen MR) is 85.5 cm³/mol. The van der Waals surface area contributed by atoms with Crippen molar-refractivity contribution in [1.82, 2.24) is 0 Å². The Kier molecular flexibility index (Phi) is 5.16. The van der Waals surface area contributed by atoms with Crippen LogP contribution in [0.15, 0.2) is 66.7 Å². The number of hydrogen-bond donors (Lipinski definition) is 1. The van der Waals surface area contributed by atoms with Gasteiger partial charge in [0, 0.05) is 5.69 Å². The maximum atomic E-state index is 11.9. The van der Waals surface area contributed by atoms with Crippen molar-refractivity contribution in [3.05, 3.63) is 72.3 Å². The van der Waals surface area contributed by atoms with Gasteiger partial charge in [0.2, 0.25) is 5.91 Å². The third-order valence-electron chi connectivity index (χ3n) is 2.83. The third kappa shape index (κ3) is 5.15. The van der Waals surface area contributed by atoms with E-state index in [0.717, 1.165) is 22.6 Å². The normalized spacial score (nSPS) is 9.95. The van der Waals surface area contributed by atoms with Crippen LogP contribution in [0.3, 0.4) is 0 Å². The third-order valence-corrected chi connectivity index (χ3v) is 2.83. The second-order valence-electron chi connectivity index (χ2n) is 4.98. The van der Waals surface area contributed by atoms with Crippen LogP contribution in [0.2, 0.25) is 0 Å². The molecule has 2 aromatic carbocycles. The van der Waals surface area contributed by atoms with Crippen LogP contribution in [0.1, 0.15) is 12.5 Å². The first kappa shape index (κ1) is 14.9. The van der Waals surface area contributed by atoms with E-state index in [-0.39, 0.29) is 5.91 Å². The summed E-state index contributed by atoms with van der Waals surface area (Å²) in [4.78, 5) is 11.9. The van der Waals surface area contributed by atoms with Gasteiger partial charge < -0.3 is 10.1 Å². The van der Waals surface area contributed by atoms with Gasteiger partial charge in [0.25, 0.3) is 0 Å². The smallest absolute Gasteiger partial charge is 0.228 e. The highest BCUT2D eigenvalue weighted by Gasteiger charge is 2.04. The second-order valence-corrected chi connectivity index (χ2v) is 4.98. The highest BCUT2D eigenvalue weighted by Crippen LogP contribution is 2.16. The zero-order valence-corrected chi connectivity index (χ0v) is 12.1. The summed E-state index contributed by atoms with van der Waals surface area (Å²) in [6.45, 7) is 6.20. The molecule has 0 saturated carbocycles. The number of carbonyl (C=O) groups excluding carboxylic acids is 1. The molecule has 1 amide bonds. The number of carbonyl (C=O) groups is 1. The Balaban J connectivity index is 1.88. The van der Waals surface area contributed by atoms with Crippen molar-refractivity contribution in [2.45, 2.75) is 13.3 Å². The lowest BCUT2D eigenvalue weighted by molar-refractivity contribution is -0.115. The fourth-order valence-corrected chi connectivity index (χ4v) is 1.83. The summed E-state index contributed by atoms with van der Waals surface area (Å²) in [6, 6.07) is 17.0. The molecule has 0 aliphatic carbocycles. The fourth-order valence-electron chi connectivity index (χ4n) is 1.83. The molecule has 21 heavy (non-hydrogen) atoms. The molecule has 0 fully saturated rings. The minimum absolute atomic E-state index is 0.0307. The molecule has 0 aliphatic rings. The lowest BCUT2D eigenvalue weighted by Crippen LogP contribution is -2.14. The largest absolute Gasteiger partial charge is 0.489 e. The van der Waals surface area contributed by atoms with Gasteiger partial charge in [0.05, 0.1) is 6.42 Å². The number of hydrogen-bond acceptors (Lipinski definition) is 2. The summed E-state index contributed by atoms with van der Waals surface area (Å²) in [5, 5.41) is 2.87. The summed E-state index contributed by atoms with van der Waals surface area (Å²) in [7, 11) is 0. The number of amides is 1. The molecule has 0 aliphatic heterocycles. The molecule has 0 aromatic heterocycles. The topological polar surface area (TPSA) is 38.3 Å². The standard InChI is InChI=1S/C18H19NO2/c1-14(2)13-21-17-10-8-16(9-11-17)19-18(20)12-15-6-4-3-5-7-15/h3-11H,1,12-13H2,2H3,(H,19,20). The Morgan fingerprint density at radius 3 is 2.38 bits per heavy atom. The first-order valence-corrected chi connectivity index (χ1v) is 6.84. The molecule has 0 atom stereocenters. The molecule has 0 saturated heterocycles. The minimum Gasteiger partial charge on any atom is -0.489 e. The first-order valence-electron chi connectivity index (χ1n) is 6.84. The fraction of sp³-hybridized carbons (Fsp3) is 0.167. The van der Waals surface area contributed by atoms with Gasteiger partial charge in [-0.3, -0.25) is 4.79 Å². The molecular weight excluding hydrogens is 262 g/mol. The number of nitrogens with one attached hydrogen (secondary N) is 1. The van der Waals surface area contributed by atoms with Crippen molar-refractivity contribution < 1.29 is 9.53 Å². The van der Waals surface area contributed by atoms with Crippen LogP contribution < -0.4 is 10.1 Å². The van der Waals surface area contributed by atoms with Gasteiger partial charge in [0.15, 0.2) is 0 Å². The zero-order valence-electron chi connectivity index (χ0n) is 12.1. The van der Waals surface area contributed by atoms with Crippen LogP contribution >= 0.6 is 0 Å². The molecular formula is C18H19NO2. The van der Waals surface area contributed by atoms with Crippen LogP contribution in [-0.2, 0) is 11.2 Å². The van der Waals surface area contributed by atoms with Crippen molar-refractivity contribution >= 4 is 11.6 Å². The van der Waals surface area contributed by atoms with Crippen LogP contribution in [-0.4, -0.2) is 12.5 Å². The van der Waals surface area contributed by atoms with Crippen LogP contribution in [0.4, 0.5) is 5.69 Å². The van der Waals surface area contributed by atoms with E-state index in [1.165, 1.54) is 0 Å². The Labute approximate surface area is 125 Å². The van der Waals surface area contributed by atoms with E-state index in [2.05, 4.69) is 11.9 Å². The SMILES string of the molecule is C=C(C)COc1ccc(NC(=O)Cc2ccccc2)cc1. The van der Waals surface area contributed by atoms with Gasteiger partial charge in [-0.15, -0.1) is 0 Å². The molecule has 0 heterocycles. The van der Waals surface area contributed by atoms with E-state index in [1.54, 1.807) is 0 Å². The van der Waals surface area contributed by atoms with Crippen LogP contribution in [0, 0.1) is 0 Å². The Morgan fingerprint density at radius 2 is 1.76 bits per heavy atom. The average molecular weight is 281 g/mol. The molecule has 1 N–H and O–H groups in total. The van der Waals surface area contributed by atoms with Crippen LogP contribution in [0.25, 0.3) is 0 Å². The van der Waals surface area contributed by atoms with Crippen molar-refractivity contribution in [2.75, 3.05) is 11.9 Å². The summed E-state index contributed by atoms with van der Waals surface area (Å²) in [5.41, 5.74) is 2.73. The summed E-state index contributed by atoms with van der Waals surface area (Å²) in [5.74, 6) is 0.732. The maximum Gasteiger partial charge on any atom is 0.228 e. The Hall–Kier alpha value is -2.55. The molecule has 108 valence electrons. The highest BCUT2D eigenvalue weighted by molar-refractivity contribution is 5.92. The molecule has 0 radical (unpaired) electrons. The van der Waals surface area contributed by atoms with Crippen LogP contribution in [0.5, 0.6) is 5.75 Å². The summed E-state index contributed by atoms with van der Waals surface area (Å²) in [6.07, 6.45) is 0.370. The molecule has 3 nitrogen and oxygen atoms in total. The Bertz CT molecular complexity index is 603. The quantitative estimate of drug-likeness (QED) is 0.817. The molecule has 2 aromatic rings. The van der Waals surface area contributed by atoms with Gasteiger partial charge in [-0.05, 0) is 42.3 Å². The lowest BCUT2D eigenvalue weighted by Gasteiger charge is -2.08. The summed E-state index contributed by atoms with van der Waals surface area (Å²) >= 11 is 0. The predicted octanol–water partition coefficient (Wildman–Crippen LogP) is 3.82. The number of rotatable bonds is 6.